The van der Waals surface area contributed by atoms with Gasteiger partial charge in [0.15, 0.2) is 0 Å². The number of aliphatic hydroxyl groups is 2. The standard InChI is InChI=1S/C10H11ClF3NO2/c11-9-2-1-6(15-7(4-16)5-17)3-8(9)10(12,13)14/h1-3,7,15-17H,4-5H2. The van der Waals surface area contributed by atoms with Crippen LogP contribution >= 0.6 is 11.6 Å². The quantitative estimate of drug-likeness (QED) is 0.785. The highest BCUT2D eigenvalue weighted by atomic mass is 35.5. The summed E-state index contributed by atoms with van der Waals surface area (Å²) in [6.45, 7) is -0.777. The molecule has 0 unspecified atom stereocenters. The third-order valence-electron chi connectivity index (χ3n) is 2.08. The molecule has 17 heavy (non-hydrogen) atoms. The van der Waals surface area contributed by atoms with Gasteiger partial charge in [0.2, 0.25) is 0 Å². The molecule has 3 nitrogen and oxygen atoms in total. The SMILES string of the molecule is OCC(CO)Nc1ccc(Cl)c(C(F)(F)F)c1. The van der Waals surface area contributed by atoms with Gasteiger partial charge in [0.05, 0.1) is 29.8 Å². The van der Waals surface area contributed by atoms with Gasteiger partial charge in [-0.3, -0.25) is 0 Å². The van der Waals surface area contributed by atoms with Crippen LogP contribution in [-0.2, 0) is 6.18 Å². The predicted molar refractivity (Wildman–Crippen MR) is 58.0 cm³/mol. The van der Waals surface area contributed by atoms with Crippen molar-refractivity contribution in [2.24, 2.45) is 0 Å². The molecule has 3 N–H and O–H groups in total. The van der Waals surface area contributed by atoms with Crippen LogP contribution in [0.2, 0.25) is 5.02 Å². The minimum Gasteiger partial charge on any atom is -0.394 e. The number of nitrogens with one attached hydrogen (secondary N) is 1. The summed E-state index contributed by atoms with van der Waals surface area (Å²) in [5.41, 5.74) is -0.825. The lowest BCUT2D eigenvalue weighted by Gasteiger charge is -2.17. The van der Waals surface area contributed by atoms with E-state index in [1.54, 1.807) is 0 Å². The second-order valence-corrected chi connectivity index (χ2v) is 3.81. The average Bonchev–Trinajstić information content (AvgIpc) is 2.26. The molecule has 7 heteroatoms. The van der Waals surface area contributed by atoms with Crippen molar-refractivity contribution in [2.45, 2.75) is 12.2 Å². The third-order valence-corrected chi connectivity index (χ3v) is 2.41. The smallest absolute Gasteiger partial charge is 0.394 e. The summed E-state index contributed by atoms with van der Waals surface area (Å²) in [6.07, 6.45) is -4.54. The van der Waals surface area contributed by atoms with Crippen molar-refractivity contribution >= 4 is 17.3 Å². The first kappa shape index (κ1) is 14.1. The molecule has 0 heterocycles. The van der Waals surface area contributed by atoms with Crippen LogP contribution in [-0.4, -0.2) is 29.5 Å². The minimum absolute atomic E-state index is 0.134. The number of alkyl halides is 3. The summed E-state index contributed by atoms with van der Waals surface area (Å²) in [4.78, 5) is 0. The largest absolute Gasteiger partial charge is 0.417 e. The summed E-state index contributed by atoms with van der Waals surface area (Å²) in [5.74, 6) is 0. The fourth-order valence-electron chi connectivity index (χ4n) is 1.22. The van der Waals surface area contributed by atoms with Gasteiger partial charge in [-0.15, -0.1) is 0 Å². The molecule has 1 rings (SSSR count). The Balaban J connectivity index is 2.97. The van der Waals surface area contributed by atoms with E-state index in [2.05, 4.69) is 5.32 Å². The van der Waals surface area contributed by atoms with E-state index in [1.165, 1.54) is 6.07 Å². The van der Waals surface area contributed by atoms with Crippen LogP contribution in [0.25, 0.3) is 0 Å². The maximum Gasteiger partial charge on any atom is 0.417 e. The fourth-order valence-corrected chi connectivity index (χ4v) is 1.44. The maximum atomic E-state index is 12.5. The van der Waals surface area contributed by atoms with Crippen molar-refractivity contribution in [3.63, 3.8) is 0 Å². The molecule has 0 fully saturated rings. The van der Waals surface area contributed by atoms with Gasteiger partial charge in [-0.25, -0.2) is 0 Å². The Hall–Kier alpha value is -0.980. The number of rotatable bonds is 4. The lowest BCUT2D eigenvalue weighted by atomic mass is 10.2. The summed E-state index contributed by atoms with van der Waals surface area (Å²) in [7, 11) is 0. The molecule has 0 aliphatic heterocycles. The van der Waals surface area contributed by atoms with Gasteiger partial charge in [0.25, 0.3) is 0 Å². The van der Waals surface area contributed by atoms with Gasteiger partial charge in [-0.05, 0) is 18.2 Å². The molecule has 96 valence electrons. The highest BCUT2D eigenvalue weighted by Crippen LogP contribution is 2.36. The lowest BCUT2D eigenvalue weighted by Crippen LogP contribution is -2.27. The van der Waals surface area contributed by atoms with E-state index in [-0.39, 0.29) is 18.9 Å². The molecule has 1 aromatic carbocycles. The van der Waals surface area contributed by atoms with Gasteiger partial charge in [-0.1, -0.05) is 11.6 Å². The van der Waals surface area contributed by atoms with Crippen LogP contribution < -0.4 is 5.32 Å². The lowest BCUT2D eigenvalue weighted by molar-refractivity contribution is -0.137. The fraction of sp³-hybridized carbons (Fsp3) is 0.400. The van der Waals surface area contributed by atoms with E-state index < -0.39 is 22.8 Å². The normalized spacial score (nSPS) is 11.9. The predicted octanol–water partition coefficient (Wildman–Crippen LogP) is 2.12. The van der Waals surface area contributed by atoms with Crippen LogP contribution in [0, 0.1) is 0 Å². The molecule has 0 atom stereocenters. The molecule has 1 aromatic rings. The van der Waals surface area contributed by atoms with Crippen molar-refractivity contribution in [2.75, 3.05) is 18.5 Å². The summed E-state index contributed by atoms with van der Waals surface area (Å²) in [5, 5.41) is 19.8. The van der Waals surface area contributed by atoms with Gasteiger partial charge >= 0.3 is 6.18 Å². The zero-order chi connectivity index (χ0) is 13.1. The number of hydrogen-bond donors (Lipinski definition) is 3. The highest BCUT2D eigenvalue weighted by Gasteiger charge is 2.33. The second kappa shape index (κ2) is 5.57. The molecular weight excluding hydrogens is 259 g/mol. The number of aliphatic hydroxyl groups excluding tert-OH is 2. The van der Waals surface area contributed by atoms with E-state index in [0.717, 1.165) is 12.1 Å². The zero-order valence-electron chi connectivity index (χ0n) is 8.63. The molecule has 0 saturated carbocycles. The van der Waals surface area contributed by atoms with Crippen molar-refractivity contribution in [3.8, 4) is 0 Å². The first-order valence-corrected chi connectivity index (χ1v) is 5.11. The monoisotopic (exact) mass is 269 g/mol. The van der Waals surface area contributed by atoms with E-state index in [4.69, 9.17) is 21.8 Å². The van der Waals surface area contributed by atoms with E-state index in [0.29, 0.717) is 0 Å². The minimum atomic E-state index is -4.54. The molecule has 0 saturated heterocycles. The molecular formula is C10H11ClF3NO2. The number of hydrogen-bond acceptors (Lipinski definition) is 3. The summed E-state index contributed by atoms with van der Waals surface area (Å²) >= 11 is 5.44. The Kier molecular flexibility index (Phi) is 4.62. The van der Waals surface area contributed by atoms with Gasteiger partial charge in [0.1, 0.15) is 0 Å². The third kappa shape index (κ3) is 3.76. The van der Waals surface area contributed by atoms with Crippen LogP contribution in [0.5, 0.6) is 0 Å². The average molecular weight is 270 g/mol. The molecule has 0 radical (unpaired) electrons. The zero-order valence-corrected chi connectivity index (χ0v) is 9.39. The Bertz CT molecular complexity index is 380. The molecule has 0 bridgehead atoms. The topological polar surface area (TPSA) is 52.5 Å². The van der Waals surface area contributed by atoms with Crippen molar-refractivity contribution in [1.29, 1.82) is 0 Å². The maximum absolute atomic E-state index is 12.5. The van der Waals surface area contributed by atoms with Crippen LogP contribution in [0.15, 0.2) is 18.2 Å². The number of benzene rings is 1. The number of anilines is 1. The van der Waals surface area contributed by atoms with E-state index in [9.17, 15) is 13.2 Å². The Morgan fingerprint density at radius 3 is 2.29 bits per heavy atom. The molecule has 0 aromatic heterocycles. The van der Waals surface area contributed by atoms with E-state index in [1.807, 2.05) is 0 Å². The Morgan fingerprint density at radius 1 is 1.24 bits per heavy atom. The molecule has 0 aliphatic carbocycles. The van der Waals surface area contributed by atoms with Crippen molar-refractivity contribution < 1.29 is 23.4 Å². The van der Waals surface area contributed by atoms with Crippen LogP contribution in [0.4, 0.5) is 18.9 Å². The highest BCUT2D eigenvalue weighted by molar-refractivity contribution is 6.31. The van der Waals surface area contributed by atoms with Crippen molar-refractivity contribution in [3.05, 3.63) is 28.8 Å². The number of halogens is 4. The Labute approximate surface area is 101 Å². The second-order valence-electron chi connectivity index (χ2n) is 3.40. The molecule has 0 amide bonds. The first-order chi connectivity index (χ1) is 7.88. The molecule has 0 aliphatic rings. The summed E-state index contributed by atoms with van der Waals surface area (Å²) < 4.78 is 37.6. The Morgan fingerprint density at radius 2 is 1.82 bits per heavy atom. The van der Waals surface area contributed by atoms with Gasteiger partial charge < -0.3 is 15.5 Å². The first-order valence-electron chi connectivity index (χ1n) is 4.73. The molecule has 0 spiro atoms. The van der Waals surface area contributed by atoms with Crippen LogP contribution in [0.3, 0.4) is 0 Å². The van der Waals surface area contributed by atoms with Crippen LogP contribution in [0.1, 0.15) is 5.56 Å². The van der Waals surface area contributed by atoms with Gasteiger partial charge in [-0.2, -0.15) is 13.2 Å². The van der Waals surface area contributed by atoms with Gasteiger partial charge in [0, 0.05) is 5.69 Å². The van der Waals surface area contributed by atoms with Crippen molar-refractivity contribution in [1.82, 2.24) is 0 Å². The van der Waals surface area contributed by atoms with E-state index >= 15 is 0 Å². The summed E-state index contributed by atoms with van der Waals surface area (Å²) in [6, 6.07) is 2.58.